The topological polar surface area (TPSA) is 64.4 Å². The highest BCUT2D eigenvalue weighted by Crippen LogP contribution is 2.34. The lowest BCUT2D eigenvalue weighted by Gasteiger charge is -2.16. The molecular formula is C20H18N2O2. The van der Waals surface area contributed by atoms with Gasteiger partial charge in [-0.2, -0.15) is 5.48 Å². The van der Waals surface area contributed by atoms with Crippen molar-refractivity contribution >= 4 is 23.1 Å². The number of carbonyl (C=O) groups excluding carboxylic acids is 1. The number of rotatable bonds is 2. The number of para-hydroxylation sites is 1. The van der Waals surface area contributed by atoms with E-state index in [2.05, 4.69) is 23.7 Å². The number of amides is 1. The van der Waals surface area contributed by atoms with Gasteiger partial charge in [0.25, 0.3) is 0 Å². The lowest BCUT2D eigenvalue weighted by molar-refractivity contribution is 0.1000. The molecule has 0 aromatic heterocycles. The number of hydrogen-bond donors (Lipinski definition) is 2. The molecule has 1 amide bonds. The molecule has 4 heteroatoms. The second-order valence-corrected chi connectivity index (χ2v) is 5.95. The quantitative estimate of drug-likeness (QED) is 0.882. The average Bonchev–Trinajstić information content (AvgIpc) is 2.83. The third-order valence-electron chi connectivity index (χ3n) is 4.50. The van der Waals surface area contributed by atoms with Gasteiger partial charge in [-0.1, -0.05) is 36.4 Å². The highest BCUT2D eigenvalue weighted by molar-refractivity contribution is 6.00. The lowest BCUT2D eigenvalue weighted by atomic mass is 9.88. The van der Waals surface area contributed by atoms with E-state index in [4.69, 9.17) is 10.6 Å². The van der Waals surface area contributed by atoms with E-state index in [1.165, 1.54) is 5.57 Å². The van der Waals surface area contributed by atoms with Crippen LogP contribution in [0.5, 0.6) is 5.75 Å². The summed E-state index contributed by atoms with van der Waals surface area (Å²) >= 11 is 0. The molecule has 1 aliphatic carbocycles. The molecule has 0 unspecified atom stereocenters. The fourth-order valence-electron chi connectivity index (χ4n) is 3.37. The first kappa shape index (κ1) is 14.7. The zero-order valence-corrected chi connectivity index (χ0v) is 13.2. The summed E-state index contributed by atoms with van der Waals surface area (Å²) in [6.45, 7) is 0.627. The molecule has 2 aromatic rings. The fraction of sp³-hybridized carbons (Fsp3) is 0.150. The Morgan fingerprint density at radius 1 is 1.12 bits per heavy atom. The van der Waals surface area contributed by atoms with Gasteiger partial charge in [0.2, 0.25) is 5.91 Å². The maximum absolute atomic E-state index is 11.6. The van der Waals surface area contributed by atoms with Crippen molar-refractivity contribution in [1.82, 2.24) is 5.48 Å². The van der Waals surface area contributed by atoms with Crippen LogP contribution in [0.1, 0.15) is 28.8 Å². The fourth-order valence-corrected chi connectivity index (χ4v) is 3.37. The van der Waals surface area contributed by atoms with E-state index in [1.54, 1.807) is 6.07 Å². The summed E-state index contributed by atoms with van der Waals surface area (Å²) in [5, 5.41) is 2.23. The monoisotopic (exact) mass is 318 g/mol. The van der Waals surface area contributed by atoms with Crippen LogP contribution in [-0.4, -0.2) is 12.5 Å². The van der Waals surface area contributed by atoms with Crippen LogP contribution in [0.2, 0.25) is 0 Å². The standard InChI is InChI=1S/C20H18N2O2/c21-20(23)14-9-8-13-4-3-6-15(18(13)12-14)16-10-11-22-24-19-7-2-1-5-17(16)19/h1-2,4-5,7-10,12,22H,3,6,11H2,(H2,21,23). The number of primary amides is 1. The first-order valence-electron chi connectivity index (χ1n) is 8.07. The third kappa shape index (κ3) is 2.51. The van der Waals surface area contributed by atoms with Crippen molar-refractivity contribution in [2.24, 2.45) is 5.73 Å². The molecule has 1 aliphatic heterocycles. The van der Waals surface area contributed by atoms with Crippen LogP contribution in [0.3, 0.4) is 0 Å². The maximum Gasteiger partial charge on any atom is 0.248 e. The highest BCUT2D eigenvalue weighted by Gasteiger charge is 2.18. The third-order valence-corrected chi connectivity index (χ3v) is 4.50. The Bertz CT molecular complexity index is 973. The molecule has 0 saturated carbocycles. The second-order valence-electron chi connectivity index (χ2n) is 5.95. The molecular weight excluding hydrogens is 300 g/mol. The van der Waals surface area contributed by atoms with Gasteiger partial charge >= 0.3 is 0 Å². The van der Waals surface area contributed by atoms with Gasteiger partial charge < -0.3 is 10.6 Å². The summed E-state index contributed by atoms with van der Waals surface area (Å²) in [6, 6.07) is 13.7. The lowest BCUT2D eigenvalue weighted by Crippen LogP contribution is -2.31. The minimum absolute atomic E-state index is 0.400. The van der Waals surface area contributed by atoms with Crippen molar-refractivity contribution < 1.29 is 9.63 Å². The Hall–Kier alpha value is -2.85. The predicted octanol–water partition coefficient (Wildman–Crippen LogP) is 1.49. The van der Waals surface area contributed by atoms with Crippen LogP contribution in [0.15, 0.2) is 48.5 Å². The highest BCUT2D eigenvalue weighted by atomic mass is 16.6. The first-order chi connectivity index (χ1) is 11.7. The van der Waals surface area contributed by atoms with E-state index in [0.717, 1.165) is 40.2 Å². The van der Waals surface area contributed by atoms with Gasteiger partial charge in [-0.15, -0.1) is 0 Å². The summed E-state index contributed by atoms with van der Waals surface area (Å²) in [5.74, 6) is 0.416. The van der Waals surface area contributed by atoms with E-state index in [0.29, 0.717) is 12.1 Å². The van der Waals surface area contributed by atoms with Gasteiger partial charge in [-0.05, 0) is 52.6 Å². The Balaban J connectivity index is 2.00. The van der Waals surface area contributed by atoms with Crippen molar-refractivity contribution in [2.75, 3.05) is 6.54 Å². The Morgan fingerprint density at radius 3 is 2.88 bits per heavy atom. The van der Waals surface area contributed by atoms with E-state index < -0.39 is 5.91 Å². The molecule has 0 fully saturated rings. The Kier molecular flexibility index (Phi) is 3.67. The van der Waals surface area contributed by atoms with E-state index in [-0.39, 0.29) is 0 Å². The van der Waals surface area contributed by atoms with Crippen LogP contribution >= 0.6 is 0 Å². The molecule has 24 heavy (non-hydrogen) atoms. The predicted molar refractivity (Wildman–Crippen MR) is 94.4 cm³/mol. The zero-order valence-electron chi connectivity index (χ0n) is 13.2. The summed E-state index contributed by atoms with van der Waals surface area (Å²) < 4.78 is 0. The van der Waals surface area contributed by atoms with Gasteiger partial charge in [-0.3, -0.25) is 4.79 Å². The van der Waals surface area contributed by atoms with Gasteiger partial charge in [0, 0.05) is 11.1 Å². The normalized spacial score (nSPS) is 16.0. The number of nitrogens with two attached hydrogens (primary N) is 1. The van der Waals surface area contributed by atoms with Crippen LogP contribution < -0.4 is 26.5 Å². The number of benzene rings is 2. The molecule has 2 aromatic carbocycles. The van der Waals surface area contributed by atoms with Crippen molar-refractivity contribution in [2.45, 2.75) is 12.8 Å². The molecule has 2 aliphatic rings. The van der Waals surface area contributed by atoms with Crippen LogP contribution in [-0.2, 0) is 0 Å². The summed E-state index contributed by atoms with van der Waals surface area (Å²) in [6.07, 6.45) is 6.26. The van der Waals surface area contributed by atoms with E-state index >= 15 is 0 Å². The van der Waals surface area contributed by atoms with Crippen molar-refractivity contribution in [3.05, 3.63) is 70.1 Å². The van der Waals surface area contributed by atoms with E-state index in [9.17, 15) is 4.79 Å². The molecule has 3 N–H and O–H groups in total. The molecule has 4 nitrogen and oxygen atoms in total. The smallest absolute Gasteiger partial charge is 0.248 e. The Morgan fingerprint density at radius 2 is 2.00 bits per heavy atom. The molecule has 0 bridgehead atoms. The first-order valence-corrected chi connectivity index (χ1v) is 8.07. The maximum atomic E-state index is 11.6. The molecule has 0 spiro atoms. The van der Waals surface area contributed by atoms with Crippen LogP contribution in [0.4, 0.5) is 0 Å². The largest absolute Gasteiger partial charge is 0.408 e. The van der Waals surface area contributed by atoms with Crippen LogP contribution in [0, 0.1) is 0 Å². The second kappa shape index (κ2) is 5.98. The molecule has 0 atom stereocenters. The van der Waals surface area contributed by atoms with Gasteiger partial charge in [0.15, 0.2) is 5.75 Å². The zero-order chi connectivity index (χ0) is 16.5. The average molecular weight is 318 g/mol. The van der Waals surface area contributed by atoms with Gasteiger partial charge in [-0.25, -0.2) is 0 Å². The molecule has 1 heterocycles. The van der Waals surface area contributed by atoms with Crippen molar-refractivity contribution in [3.63, 3.8) is 0 Å². The van der Waals surface area contributed by atoms with Crippen molar-refractivity contribution in [1.29, 1.82) is 0 Å². The summed E-state index contributed by atoms with van der Waals surface area (Å²) in [4.78, 5) is 17.2. The number of hydroxylamine groups is 1. The number of allylic oxidation sites excluding steroid dienone is 1. The number of hydrogen-bond acceptors (Lipinski definition) is 3. The molecule has 0 saturated heterocycles. The summed E-state index contributed by atoms with van der Waals surface area (Å²) in [7, 11) is 0. The van der Waals surface area contributed by atoms with Gasteiger partial charge in [0.05, 0.1) is 6.54 Å². The number of fused-ring (bicyclic) bond motifs is 2. The van der Waals surface area contributed by atoms with E-state index in [1.807, 2.05) is 30.3 Å². The number of carbonyl (C=O) groups is 1. The molecule has 120 valence electrons. The Labute approximate surface area is 139 Å². The summed E-state index contributed by atoms with van der Waals surface area (Å²) in [5.41, 5.74) is 12.4. The van der Waals surface area contributed by atoms with Crippen LogP contribution in [0.25, 0.3) is 17.2 Å². The SMILES string of the molecule is NC(=O)c1ccc2c(c1)=C(C1=CCNOc3ccccc31)CCC=2. The van der Waals surface area contributed by atoms with Gasteiger partial charge in [0.1, 0.15) is 0 Å². The number of nitrogens with one attached hydrogen (secondary N) is 1. The molecule has 4 rings (SSSR count). The minimum atomic E-state index is -0.400. The minimum Gasteiger partial charge on any atom is -0.408 e. The van der Waals surface area contributed by atoms with Crippen molar-refractivity contribution in [3.8, 4) is 5.75 Å². The molecule has 0 radical (unpaired) electrons.